The number of hydrogen-bond acceptors (Lipinski definition) is 3. The van der Waals surface area contributed by atoms with Crippen molar-refractivity contribution in [2.45, 2.75) is 31.7 Å². The van der Waals surface area contributed by atoms with E-state index in [1.165, 1.54) is 19.3 Å². The second-order valence-corrected chi connectivity index (χ2v) is 5.72. The molecule has 0 aromatic carbocycles. The zero-order valence-corrected chi connectivity index (χ0v) is 11.4. The Morgan fingerprint density at radius 1 is 1.40 bits per heavy atom. The predicted molar refractivity (Wildman–Crippen MR) is 76.9 cm³/mol. The standard InChI is InChI=1S/C16H19N3O/c17-5-1-2-12-7-14(10-18-9-12)16(20)19-15-8-11-3-4-13(15)6-11/h7,9-11,13,15H,3-6,8,17H2,(H,19,20). The van der Waals surface area contributed by atoms with Crippen LogP contribution in [0.4, 0.5) is 0 Å². The van der Waals surface area contributed by atoms with E-state index in [2.05, 4.69) is 22.1 Å². The van der Waals surface area contributed by atoms with Crippen LogP contribution in [0.25, 0.3) is 0 Å². The highest BCUT2D eigenvalue weighted by molar-refractivity contribution is 5.94. The van der Waals surface area contributed by atoms with E-state index in [4.69, 9.17) is 5.73 Å². The van der Waals surface area contributed by atoms with Gasteiger partial charge in [-0.25, -0.2) is 0 Å². The molecule has 4 nitrogen and oxygen atoms in total. The molecule has 1 aromatic heterocycles. The van der Waals surface area contributed by atoms with Gasteiger partial charge < -0.3 is 11.1 Å². The van der Waals surface area contributed by atoms with Gasteiger partial charge in [0.2, 0.25) is 0 Å². The van der Waals surface area contributed by atoms with Gasteiger partial charge in [-0.05, 0) is 37.2 Å². The van der Waals surface area contributed by atoms with Crippen LogP contribution in [0.2, 0.25) is 0 Å². The molecule has 3 N–H and O–H groups in total. The number of aromatic nitrogens is 1. The molecule has 2 aliphatic carbocycles. The average Bonchev–Trinajstić information content (AvgIpc) is 3.08. The molecular formula is C16H19N3O. The Labute approximate surface area is 119 Å². The van der Waals surface area contributed by atoms with Crippen LogP contribution in [0.5, 0.6) is 0 Å². The van der Waals surface area contributed by atoms with Crippen molar-refractivity contribution in [2.24, 2.45) is 17.6 Å². The lowest BCUT2D eigenvalue weighted by Crippen LogP contribution is -2.38. The molecule has 3 atom stereocenters. The number of nitrogens with one attached hydrogen (secondary N) is 1. The van der Waals surface area contributed by atoms with E-state index in [9.17, 15) is 4.79 Å². The van der Waals surface area contributed by atoms with Gasteiger partial charge >= 0.3 is 0 Å². The van der Waals surface area contributed by atoms with Crippen LogP contribution in [0.3, 0.4) is 0 Å². The van der Waals surface area contributed by atoms with Gasteiger partial charge in [0.1, 0.15) is 0 Å². The Bertz CT molecular complexity index is 573. The number of nitrogens with two attached hydrogens (primary N) is 1. The number of fused-ring (bicyclic) bond motifs is 2. The van der Waals surface area contributed by atoms with E-state index < -0.39 is 0 Å². The molecule has 2 aliphatic rings. The number of pyridine rings is 1. The predicted octanol–water partition coefficient (Wildman–Crippen LogP) is 1.31. The van der Waals surface area contributed by atoms with E-state index in [0.29, 0.717) is 24.1 Å². The number of amides is 1. The molecule has 1 heterocycles. The zero-order chi connectivity index (χ0) is 13.9. The van der Waals surface area contributed by atoms with Crippen molar-refractivity contribution in [2.75, 3.05) is 6.54 Å². The summed E-state index contributed by atoms with van der Waals surface area (Å²) in [7, 11) is 0. The normalized spacial score (nSPS) is 26.9. The van der Waals surface area contributed by atoms with Crippen molar-refractivity contribution in [3.8, 4) is 11.8 Å². The van der Waals surface area contributed by atoms with Crippen LogP contribution in [0, 0.1) is 23.7 Å². The van der Waals surface area contributed by atoms with Gasteiger partial charge in [-0.2, -0.15) is 0 Å². The molecule has 1 amide bonds. The highest BCUT2D eigenvalue weighted by Crippen LogP contribution is 2.44. The van der Waals surface area contributed by atoms with Gasteiger partial charge in [-0.1, -0.05) is 18.3 Å². The van der Waals surface area contributed by atoms with E-state index in [1.807, 2.05) is 0 Å². The van der Waals surface area contributed by atoms with Crippen LogP contribution in [-0.4, -0.2) is 23.5 Å². The highest BCUT2D eigenvalue weighted by Gasteiger charge is 2.40. The number of rotatable bonds is 2. The van der Waals surface area contributed by atoms with Gasteiger partial charge in [-0.15, -0.1) is 0 Å². The minimum absolute atomic E-state index is 0.0357. The van der Waals surface area contributed by atoms with E-state index in [1.54, 1.807) is 18.5 Å². The molecule has 0 spiro atoms. The third kappa shape index (κ3) is 2.68. The Hall–Kier alpha value is -1.86. The summed E-state index contributed by atoms with van der Waals surface area (Å²) < 4.78 is 0. The summed E-state index contributed by atoms with van der Waals surface area (Å²) in [6.07, 6.45) is 8.26. The maximum atomic E-state index is 12.3. The van der Waals surface area contributed by atoms with Crippen molar-refractivity contribution in [1.29, 1.82) is 0 Å². The summed E-state index contributed by atoms with van der Waals surface area (Å²) >= 11 is 0. The molecule has 2 bridgehead atoms. The lowest BCUT2D eigenvalue weighted by atomic mass is 9.95. The molecule has 4 heteroatoms. The molecule has 3 unspecified atom stereocenters. The first kappa shape index (κ1) is 13.1. The third-order valence-corrected chi connectivity index (χ3v) is 4.39. The maximum Gasteiger partial charge on any atom is 0.253 e. The molecular weight excluding hydrogens is 250 g/mol. The molecule has 0 radical (unpaired) electrons. The van der Waals surface area contributed by atoms with E-state index in [0.717, 1.165) is 17.9 Å². The second kappa shape index (κ2) is 5.64. The molecule has 0 aliphatic heterocycles. The fourth-order valence-corrected chi connectivity index (χ4v) is 3.46. The quantitative estimate of drug-likeness (QED) is 0.795. The van der Waals surface area contributed by atoms with E-state index >= 15 is 0 Å². The average molecular weight is 269 g/mol. The Morgan fingerprint density at radius 3 is 3.00 bits per heavy atom. The first-order valence-corrected chi connectivity index (χ1v) is 7.21. The molecule has 1 aromatic rings. The van der Waals surface area contributed by atoms with E-state index in [-0.39, 0.29) is 5.91 Å². The smallest absolute Gasteiger partial charge is 0.253 e. The SMILES string of the molecule is NCC#Cc1cncc(C(=O)NC2CC3CCC2C3)c1. The first-order chi connectivity index (χ1) is 9.76. The summed E-state index contributed by atoms with van der Waals surface area (Å²) in [6, 6.07) is 2.12. The number of carbonyl (C=O) groups excluding carboxylic acids is 1. The number of hydrogen-bond donors (Lipinski definition) is 2. The summed E-state index contributed by atoms with van der Waals surface area (Å²) in [6.45, 7) is 0.307. The molecule has 3 rings (SSSR count). The first-order valence-electron chi connectivity index (χ1n) is 7.21. The number of carbonyl (C=O) groups is 1. The minimum atomic E-state index is -0.0357. The van der Waals surface area contributed by atoms with Gasteiger partial charge in [0.25, 0.3) is 5.91 Å². The van der Waals surface area contributed by atoms with Crippen LogP contribution >= 0.6 is 0 Å². The summed E-state index contributed by atoms with van der Waals surface area (Å²) in [5, 5.41) is 3.16. The molecule has 20 heavy (non-hydrogen) atoms. The minimum Gasteiger partial charge on any atom is -0.349 e. The Morgan fingerprint density at radius 2 is 2.30 bits per heavy atom. The van der Waals surface area contributed by atoms with Gasteiger partial charge in [0, 0.05) is 24.0 Å². The highest BCUT2D eigenvalue weighted by atomic mass is 16.1. The monoisotopic (exact) mass is 269 g/mol. The van der Waals surface area contributed by atoms with Gasteiger partial charge in [0.15, 0.2) is 0 Å². The molecule has 2 saturated carbocycles. The third-order valence-electron chi connectivity index (χ3n) is 4.39. The number of nitrogens with zero attached hydrogens (tertiary/aromatic N) is 1. The summed E-state index contributed by atoms with van der Waals surface area (Å²) in [5.41, 5.74) is 6.66. The summed E-state index contributed by atoms with van der Waals surface area (Å²) in [5.74, 6) is 7.14. The van der Waals surface area contributed by atoms with Crippen LogP contribution in [0.15, 0.2) is 18.5 Å². The Kier molecular flexibility index (Phi) is 3.70. The topological polar surface area (TPSA) is 68.0 Å². The van der Waals surface area contributed by atoms with Crippen molar-refractivity contribution >= 4 is 5.91 Å². The van der Waals surface area contributed by atoms with Gasteiger partial charge in [-0.3, -0.25) is 9.78 Å². The zero-order valence-electron chi connectivity index (χ0n) is 11.4. The van der Waals surface area contributed by atoms with Crippen LogP contribution < -0.4 is 11.1 Å². The second-order valence-electron chi connectivity index (χ2n) is 5.72. The molecule has 0 saturated heterocycles. The van der Waals surface area contributed by atoms with Crippen molar-refractivity contribution in [1.82, 2.24) is 10.3 Å². The fourth-order valence-electron chi connectivity index (χ4n) is 3.46. The molecule has 2 fully saturated rings. The van der Waals surface area contributed by atoms with Crippen LogP contribution in [-0.2, 0) is 0 Å². The van der Waals surface area contributed by atoms with Crippen LogP contribution in [0.1, 0.15) is 41.6 Å². The lowest BCUT2D eigenvalue weighted by molar-refractivity contribution is 0.0922. The van der Waals surface area contributed by atoms with Gasteiger partial charge in [0.05, 0.1) is 12.1 Å². The van der Waals surface area contributed by atoms with Crippen molar-refractivity contribution < 1.29 is 4.79 Å². The Balaban J connectivity index is 1.68. The molecule has 104 valence electrons. The summed E-state index contributed by atoms with van der Waals surface area (Å²) in [4.78, 5) is 16.4. The van der Waals surface area contributed by atoms with Crippen molar-refractivity contribution in [3.05, 3.63) is 29.6 Å². The largest absolute Gasteiger partial charge is 0.349 e. The van der Waals surface area contributed by atoms with Crippen molar-refractivity contribution in [3.63, 3.8) is 0 Å². The maximum absolute atomic E-state index is 12.3. The lowest BCUT2D eigenvalue weighted by Gasteiger charge is -2.22. The fraction of sp³-hybridized carbons (Fsp3) is 0.500.